The molecule has 0 bridgehead atoms. The van der Waals surface area contributed by atoms with Gasteiger partial charge >= 0.3 is 5.97 Å². The minimum Gasteiger partial charge on any atom is -0.508 e. The van der Waals surface area contributed by atoms with Crippen LogP contribution in [0.1, 0.15) is 82.6 Å². The topological polar surface area (TPSA) is 366 Å². The molecule has 0 aliphatic heterocycles. The number of phenolic OH excluding ortho intramolecular Hbond substituents is 2. The van der Waals surface area contributed by atoms with Gasteiger partial charge < -0.3 is 69.0 Å². The van der Waals surface area contributed by atoms with Crippen molar-refractivity contribution in [3.8, 4) is 11.5 Å². The maximum Gasteiger partial charge on any atom is 0.326 e. The highest BCUT2D eigenvalue weighted by atomic mass is 16.4. The molecule has 428 valence electrons. The molecule has 8 amide bonds. The summed E-state index contributed by atoms with van der Waals surface area (Å²) in [7, 11) is 0. The van der Waals surface area contributed by atoms with Crippen LogP contribution in [0.5, 0.6) is 11.5 Å². The van der Waals surface area contributed by atoms with E-state index in [1.165, 1.54) is 43.3 Å². The van der Waals surface area contributed by atoms with E-state index in [0.717, 1.165) is 16.5 Å². The third kappa shape index (κ3) is 19.6. The Morgan fingerprint density at radius 2 is 0.900 bits per heavy atom. The highest BCUT2D eigenvalue weighted by Crippen LogP contribution is 2.20. The molecule has 8 atom stereocenters. The number of para-hydroxylation sites is 1. The fourth-order valence-electron chi connectivity index (χ4n) is 8.84. The van der Waals surface area contributed by atoms with Crippen molar-refractivity contribution >= 4 is 64.1 Å². The van der Waals surface area contributed by atoms with Gasteiger partial charge in [0.1, 0.15) is 53.8 Å². The number of hydrogen-bond acceptors (Lipinski definition) is 12. The van der Waals surface area contributed by atoms with E-state index in [2.05, 4.69) is 42.2 Å². The minimum atomic E-state index is -1.47. The molecule has 0 spiro atoms. The average Bonchev–Trinajstić information content (AvgIpc) is 3.83. The number of carboxylic acid groups (broad SMARTS) is 1. The van der Waals surface area contributed by atoms with E-state index in [1.54, 1.807) is 76.4 Å². The molecule has 80 heavy (non-hydrogen) atoms. The number of aromatic hydroxyl groups is 2. The quantitative estimate of drug-likeness (QED) is 0.0314. The fraction of sp³-hybridized carbons (Fsp3) is 0.397. The molecule has 5 aromatic rings. The lowest BCUT2D eigenvalue weighted by atomic mass is 9.99. The third-order valence-corrected chi connectivity index (χ3v) is 13.1. The average molecular weight is 1100 g/mol. The standard InChI is InChI=1S/C58H74N10O12/c1-32(2)25-45(66-53(74)44(23-24-50(60)71)63-56(77)47(28-36-15-19-39(69)20-16-36)65-52(73)42(59)27-35-11-7-6-8-12-35)54(75)62-34(5)51(72)64-46(26-33(3)4)55(76)67-48(29-37-17-21-40(70)22-18-37)57(78)68-49(58(79)80)30-38-31-61-43-14-10-9-13-41(38)43/h6-22,31-34,42,44-49,61,69-70H,23-30,59H2,1-5H3,(H2,60,71)(H,62,75)(H,63,77)(H,64,72)(H,65,73)(H,66,74)(H,67,76)(H,68,78)(H,79,80)/t34-,42-,44-,45-,46-,47-,48-,49-/m0/s1. The number of H-pyrrole nitrogens is 1. The molecule has 0 saturated heterocycles. The van der Waals surface area contributed by atoms with Crippen LogP contribution in [0.2, 0.25) is 0 Å². The Morgan fingerprint density at radius 3 is 1.43 bits per heavy atom. The molecule has 22 heteroatoms. The highest BCUT2D eigenvalue weighted by molar-refractivity contribution is 5.98. The molecular weight excluding hydrogens is 1030 g/mol. The number of primary amides is 1. The van der Waals surface area contributed by atoms with Crippen LogP contribution in [0.25, 0.3) is 10.9 Å². The van der Waals surface area contributed by atoms with Gasteiger partial charge in [-0.2, -0.15) is 0 Å². The molecule has 0 unspecified atom stereocenters. The Labute approximate surface area is 464 Å². The van der Waals surface area contributed by atoms with E-state index in [-0.39, 0.29) is 74.7 Å². The van der Waals surface area contributed by atoms with Gasteiger partial charge in [0.2, 0.25) is 47.3 Å². The lowest BCUT2D eigenvalue weighted by Gasteiger charge is -2.28. The fourth-order valence-corrected chi connectivity index (χ4v) is 8.84. The number of aromatic nitrogens is 1. The second-order valence-corrected chi connectivity index (χ2v) is 20.8. The van der Waals surface area contributed by atoms with Gasteiger partial charge in [-0.05, 0) is 97.0 Å². The monoisotopic (exact) mass is 1100 g/mol. The zero-order valence-corrected chi connectivity index (χ0v) is 45.5. The molecule has 5 rings (SSSR count). The molecule has 0 radical (unpaired) electrons. The number of rotatable bonds is 30. The van der Waals surface area contributed by atoms with Crippen LogP contribution in [-0.2, 0) is 68.8 Å². The van der Waals surface area contributed by atoms with Crippen molar-refractivity contribution in [2.24, 2.45) is 23.3 Å². The van der Waals surface area contributed by atoms with Gasteiger partial charge in [-0.1, -0.05) is 100 Å². The zero-order valence-electron chi connectivity index (χ0n) is 45.5. The summed E-state index contributed by atoms with van der Waals surface area (Å²) < 4.78 is 0. The zero-order chi connectivity index (χ0) is 58.6. The highest BCUT2D eigenvalue weighted by Gasteiger charge is 2.35. The van der Waals surface area contributed by atoms with Crippen LogP contribution >= 0.6 is 0 Å². The molecule has 4 aromatic carbocycles. The first-order valence-corrected chi connectivity index (χ1v) is 26.5. The van der Waals surface area contributed by atoms with Gasteiger partial charge in [0.15, 0.2) is 0 Å². The molecular formula is C58H74N10O12. The van der Waals surface area contributed by atoms with E-state index in [9.17, 15) is 58.5 Å². The van der Waals surface area contributed by atoms with Crippen molar-refractivity contribution in [3.05, 3.63) is 132 Å². The van der Waals surface area contributed by atoms with E-state index in [4.69, 9.17) is 11.5 Å². The summed E-state index contributed by atoms with van der Waals surface area (Å²) in [4.78, 5) is 126. The second-order valence-electron chi connectivity index (χ2n) is 20.8. The molecule has 1 heterocycles. The van der Waals surface area contributed by atoms with E-state index in [1.807, 2.05) is 24.3 Å². The first kappa shape index (κ1) is 62.1. The first-order valence-electron chi connectivity index (χ1n) is 26.5. The lowest BCUT2D eigenvalue weighted by Crippen LogP contribution is -2.60. The van der Waals surface area contributed by atoms with Crippen LogP contribution in [0.15, 0.2) is 109 Å². The predicted molar refractivity (Wildman–Crippen MR) is 298 cm³/mol. The van der Waals surface area contributed by atoms with Gasteiger partial charge in [-0.3, -0.25) is 38.4 Å². The number of hydrogen-bond donors (Lipinski definition) is 13. The van der Waals surface area contributed by atoms with E-state index < -0.39 is 102 Å². The summed E-state index contributed by atoms with van der Waals surface area (Å²) in [5.41, 5.74) is 15.0. The number of carbonyl (C=O) groups excluding carboxylic acids is 8. The normalized spacial score (nSPS) is 14.2. The third-order valence-electron chi connectivity index (χ3n) is 13.1. The minimum absolute atomic E-state index is 0.0363. The largest absolute Gasteiger partial charge is 0.508 e. The van der Waals surface area contributed by atoms with Crippen molar-refractivity contribution in [2.45, 2.75) is 134 Å². The van der Waals surface area contributed by atoms with Crippen molar-refractivity contribution < 1.29 is 58.5 Å². The molecule has 0 aliphatic rings. The number of amides is 8. The summed E-state index contributed by atoms with van der Waals surface area (Å²) in [5, 5.41) is 49.3. The molecule has 22 nitrogen and oxygen atoms in total. The van der Waals surface area contributed by atoms with Crippen LogP contribution in [0.3, 0.4) is 0 Å². The van der Waals surface area contributed by atoms with Crippen LogP contribution < -0.4 is 48.7 Å². The van der Waals surface area contributed by atoms with Gasteiger partial charge in [0.25, 0.3) is 0 Å². The SMILES string of the molecule is CC(C)C[C@H](NC(=O)[C@H](C)NC(=O)[C@H](CC(C)C)NC(=O)[C@H](CCC(N)=O)NC(=O)[C@H](Cc1ccc(O)cc1)NC(=O)[C@@H](N)Cc1ccccc1)C(=O)N[C@@H](Cc1ccc(O)cc1)C(=O)N[C@@H](Cc1c[nH]c2ccccc12)C(=O)O. The molecule has 0 saturated carbocycles. The number of fused-ring (bicyclic) bond motifs is 1. The molecule has 0 fully saturated rings. The van der Waals surface area contributed by atoms with Crippen LogP contribution in [-0.4, -0.2) is 122 Å². The number of nitrogens with one attached hydrogen (secondary N) is 8. The Balaban J connectivity index is 1.29. The number of carboxylic acids is 1. The molecule has 0 aliphatic carbocycles. The van der Waals surface area contributed by atoms with Crippen LogP contribution in [0.4, 0.5) is 0 Å². The predicted octanol–water partition coefficient (Wildman–Crippen LogP) is 2.03. The van der Waals surface area contributed by atoms with Crippen molar-refractivity contribution in [1.29, 1.82) is 0 Å². The Bertz CT molecular complexity index is 2930. The summed E-state index contributed by atoms with van der Waals surface area (Å²) >= 11 is 0. The number of carbonyl (C=O) groups is 9. The van der Waals surface area contributed by atoms with Crippen LogP contribution in [0, 0.1) is 11.8 Å². The van der Waals surface area contributed by atoms with Gasteiger partial charge in [0, 0.05) is 42.8 Å². The number of aliphatic carboxylic acids is 1. The Hall–Kier alpha value is -8.79. The Kier molecular flexibility index (Phi) is 23.1. The molecule has 15 N–H and O–H groups in total. The summed E-state index contributed by atoms with van der Waals surface area (Å²) in [6.45, 7) is 8.52. The number of aromatic amines is 1. The summed E-state index contributed by atoms with van der Waals surface area (Å²) in [5.74, 6) is -8.25. The maximum atomic E-state index is 14.2. The number of nitrogens with two attached hydrogens (primary N) is 2. The lowest BCUT2D eigenvalue weighted by molar-refractivity contribution is -0.142. The van der Waals surface area contributed by atoms with Gasteiger partial charge in [0.05, 0.1) is 6.04 Å². The number of phenols is 2. The van der Waals surface area contributed by atoms with E-state index >= 15 is 0 Å². The maximum absolute atomic E-state index is 14.2. The summed E-state index contributed by atoms with van der Waals surface area (Å²) in [6.07, 6.45) is 0.901. The smallest absolute Gasteiger partial charge is 0.326 e. The van der Waals surface area contributed by atoms with Gasteiger partial charge in [-0.15, -0.1) is 0 Å². The molecule has 1 aromatic heterocycles. The Morgan fingerprint density at radius 1 is 0.475 bits per heavy atom. The summed E-state index contributed by atoms with van der Waals surface area (Å²) in [6, 6.07) is 17.4. The van der Waals surface area contributed by atoms with Gasteiger partial charge in [-0.25, -0.2) is 4.79 Å². The first-order chi connectivity index (χ1) is 37.9. The second kappa shape index (κ2) is 29.8. The van der Waals surface area contributed by atoms with Crippen molar-refractivity contribution in [1.82, 2.24) is 42.2 Å². The van der Waals surface area contributed by atoms with E-state index in [0.29, 0.717) is 16.7 Å². The van der Waals surface area contributed by atoms with Crippen molar-refractivity contribution in [2.75, 3.05) is 0 Å². The van der Waals surface area contributed by atoms with Crippen molar-refractivity contribution in [3.63, 3.8) is 0 Å². The number of benzene rings is 4.